The zero-order chi connectivity index (χ0) is 21.3. The number of methoxy groups -OCH3 is 1. The molecule has 0 saturated carbocycles. The number of benzene rings is 1. The number of hydrogen-bond donors (Lipinski definition) is 2. The lowest BCUT2D eigenvalue weighted by atomic mass is 10.2. The molecule has 150 valence electrons. The van der Waals surface area contributed by atoms with Crippen molar-refractivity contribution in [3.05, 3.63) is 57.0 Å². The highest BCUT2D eigenvalue weighted by Gasteiger charge is 2.22. The third-order valence-electron chi connectivity index (χ3n) is 4.42. The Balaban J connectivity index is 1.92. The minimum Gasteiger partial charge on any atom is -0.477 e. The van der Waals surface area contributed by atoms with Crippen molar-refractivity contribution < 1.29 is 24.2 Å². The van der Waals surface area contributed by atoms with Gasteiger partial charge in [0, 0.05) is 5.69 Å². The summed E-state index contributed by atoms with van der Waals surface area (Å²) in [5.74, 6) is -2.17. The van der Waals surface area contributed by atoms with Crippen LogP contribution in [0.25, 0.3) is 10.2 Å². The lowest BCUT2D eigenvalue weighted by Gasteiger charge is -2.15. The van der Waals surface area contributed by atoms with Gasteiger partial charge in [-0.05, 0) is 37.6 Å². The number of nitrogens with one attached hydrogen (secondary N) is 1. The number of thiophene rings is 1. The minimum atomic E-state index is -1.13. The SMILES string of the molecule is COC(=O)c1cccc(NC(=O)C(C)n2cnc3sc(C(=O)O)c(C)c3c2=O)c1. The first-order valence-corrected chi connectivity index (χ1v) is 9.29. The van der Waals surface area contributed by atoms with Gasteiger partial charge < -0.3 is 15.2 Å². The van der Waals surface area contributed by atoms with Crippen LogP contribution in [0.3, 0.4) is 0 Å². The quantitative estimate of drug-likeness (QED) is 0.613. The van der Waals surface area contributed by atoms with Crippen molar-refractivity contribution in [2.45, 2.75) is 19.9 Å². The maximum atomic E-state index is 12.9. The number of hydrogen-bond acceptors (Lipinski definition) is 7. The van der Waals surface area contributed by atoms with Crippen molar-refractivity contribution >= 4 is 45.1 Å². The number of esters is 1. The molecule has 1 amide bonds. The number of aromatic carboxylic acids is 1. The van der Waals surface area contributed by atoms with Gasteiger partial charge in [-0.2, -0.15) is 0 Å². The molecule has 0 radical (unpaired) electrons. The monoisotopic (exact) mass is 415 g/mol. The molecule has 2 N–H and O–H groups in total. The standard InChI is InChI=1S/C19H17N3O6S/c1-9-13-16(29-14(9)18(25)26)20-8-22(17(13)24)10(2)15(23)21-12-6-4-5-11(7-12)19(27)28-3/h4-8,10H,1-3H3,(H,21,23)(H,25,26). The molecule has 10 heteroatoms. The molecule has 9 nitrogen and oxygen atoms in total. The van der Waals surface area contributed by atoms with Crippen LogP contribution in [0.4, 0.5) is 5.69 Å². The largest absolute Gasteiger partial charge is 0.477 e. The minimum absolute atomic E-state index is 0.0408. The van der Waals surface area contributed by atoms with Crippen LogP contribution in [-0.2, 0) is 9.53 Å². The third-order valence-corrected chi connectivity index (χ3v) is 5.61. The van der Waals surface area contributed by atoms with E-state index in [1.807, 2.05) is 0 Å². The van der Waals surface area contributed by atoms with Gasteiger partial charge in [0.15, 0.2) is 0 Å². The Hall–Kier alpha value is -3.53. The van der Waals surface area contributed by atoms with Crippen LogP contribution in [0.2, 0.25) is 0 Å². The molecule has 0 fully saturated rings. The first-order valence-electron chi connectivity index (χ1n) is 8.47. The number of anilines is 1. The summed E-state index contributed by atoms with van der Waals surface area (Å²) in [7, 11) is 1.26. The summed E-state index contributed by atoms with van der Waals surface area (Å²) in [5, 5.41) is 12.1. The van der Waals surface area contributed by atoms with Gasteiger partial charge in [-0.25, -0.2) is 14.6 Å². The average Bonchev–Trinajstić information content (AvgIpc) is 3.05. The van der Waals surface area contributed by atoms with E-state index in [1.165, 1.54) is 26.4 Å². The summed E-state index contributed by atoms with van der Waals surface area (Å²) in [5.41, 5.74) is 0.463. The second-order valence-electron chi connectivity index (χ2n) is 6.24. The molecular formula is C19H17N3O6S. The van der Waals surface area contributed by atoms with Crippen LogP contribution >= 0.6 is 11.3 Å². The zero-order valence-corrected chi connectivity index (χ0v) is 16.6. The molecule has 3 aromatic rings. The van der Waals surface area contributed by atoms with E-state index in [9.17, 15) is 24.3 Å². The molecule has 0 spiro atoms. The molecule has 1 atom stereocenters. The number of ether oxygens (including phenoxy) is 1. The zero-order valence-electron chi connectivity index (χ0n) is 15.8. The lowest BCUT2D eigenvalue weighted by Crippen LogP contribution is -2.31. The lowest BCUT2D eigenvalue weighted by molar-refractivity contribution is -0.118. The highest BCUT2D eigenvalue weighted by molar-refractivity contribution is 7.20. The van der Waals surface area contributed by atoms with Gasteiger partial charge in [0.25, 0.3) is 5.56 Å². The van der Waals surface area contributed by atoms with Crippen LogP contribution in [0.5, 0.6) is 0 Å². The fourth-order valence-electron chi connectivity index (χ4n) is 2.83. The van der Waals surface area contributed by atoms with Crippen LogP contribution in [0.15, 0.2) is 35.4 Å². The highest BCUT2D eigenvalue weighted by atomic mass is 32.1. The molecule has 1 aromatic carbocycles. The topological polar surface area (TPSA) is 128 Å². The Labute approximate surface area is 168 Å². The Kier molecular flexibility index (Phi) is 5.46. The van der Waals surface area contributed by atoms with Crippen molar-refractivity contribution in [3.8, 4) is 0 Å². The van der Waals surface area contributed by atoms with Crippen molar-refractivity contribution in [1.82, 2.24) is 9.55 Å². The number of carboxylic acid groups (broad SMARTS) is 1. The molecule has 0 aliphatic carbocycles. The fourth-order valence-corrected chi connectivity index (χ4v) is 3.81. The van der Waals surface area contributed by atoms with Gasteiger partial charge in [-0.3, -0.25) is 14.2 Å². The Morgan fingerprint density at radius 3 is 2.69 bits per heavy atom. The van der Waals surface area contributed by atoms with Gasteiger partial charge in [0.2, 0.25) is 5.91 Å². The average molecular weight is 415 g/mol. The van der Waals surface area contributed by atoms with Crippen LogP contribution in [0, 0.1) is 6.92 Å². The van der Waals surface area contributed by atoms with E-state index in [-0.39, 0.29) is 15.8 Å². The van der Waals surface area contributed by atoms with Crippen molar-refractivity contribution in [2.24, 2.45) is 0 Å². The van der Waals surface area contributed by atoms with Gasteiger partial charge in [0.1, 0.15) is 15.7 Å². The smallest absolute Gasteiger partial charge is 0.346 e. The van der Waals surface area contributed by atoms with Crippen LogP contribution in [0.1, 0.15) is 38.6 Å². The summed E-state index contributed by atoms with van der Waals surface area (Å²) >= 11 is 0.916. The normalized spacial score (nSPS) is 11.8. The molecular weight excluding hydrogens is 398 g/mol. The summed E-state index contributed by atoms with van der Waals surface area (Å²) < 4.78 is 5.80. The fraction of sp³-hybridized carbons (Fsp3) is 0.211. The number of carbonyl (C=O) groups excluding carboxylic acids is 2. The predicted molar refractivity (Wildman–Crippen MR) is 107 cm³/mol. The van der Waals surface area contributed by atoms with E-state index >= 15 is 0 Å². The van der Waals surface area contributed by atoms with Crippen LogP contribution < -0.4 is 10.9 Å². The van der Waals surface area contributed by atoms with E-state index in [1.54, 1.807) is 25.1 Å². The molecule has 29 heavy (non-hydrogen) atoms. The van der Waals surface area contributed by atoms with E-state index in [0.717, 1.165) is 15.9 Å². The van der Waals surface area contributed by atoms with E-state index < -0.39 is 29.4 Å². The Bertz CT molecular complexity index is 1200. The van der Waals surface area contributed by atoms with Gasteiger partial charge in [0.05, 0.1) is 24.4 Å². The number of rotatable bonds is 5. The van der Waals surface area contributed by atoms with E-state index in [0.29, 0.717) is 16.1 Å². The number of nitrogens with zero attached hydrogens (tertiary/aromatic N) is 2. The number of carboxylic acids is 1. The summed E-state index contributed by atoms with van der Waals surface area (Å²) in [6.07, 6.45) is 1.22. The molecule has 3 rings (SSSR count). The van der Waals surface area contributed by atoms with Gasteiger partial charge in [-0.15, -0.1) is 11.3 Å². The van der Waals surface area contributed by atoms with Crippen molar-refractivity contribution in [3.63, 3.8) is 0 Å². The first-order chi connectivity index (χ1) is 13.7. The number of aromatic nitrogens is 2. The molecule has 2 aromatic heterocycles. The van der Waals surface area contributed by atoms with E-state index in [2.05, 4.69) is 15.0 Å². The molecule has 2 heterocycles. The molecule has 1 unspecified atom stereocenters. The Morgan fingerprint density at radius 2 is 2.03 bits per heavy atom. The van der Waals surface area contributed by atoms with Crippen LogP contribution in [-0.4, -0.2) is 39.6 Å². The Morgan fingerprint density at radius 1 is 1.31 bits per heavy atom. The number of carbonyl (C=O) groups is 3. The molecule has 0 bridgehead atoms. The number of amides is 1. The highest BCUT2D eigenvalue weighted by Crippen LogP contribution is 2.27. The third kappa shape index (κ3) is 3.74. The van der Waals surface area contributed by atoms with Gasteiger partial charge >= 0.3 is 11.9 Å². The summed E-state index contributed by atoms with van der Waals surface area (Å²) in [6.45, 7) is 3.06. The summed E-state index contributed by atoms with van der Waals surface area (Å²) in [6, 6.07) is 5.28. The maximum Gasteiger partial charge on any atom is 0.346 e. The van der Waals surface area contributed by atoms with Gasteiger partial charge in [-0.1, -0.05) is 6.07 Å². The summed E-state index contributed by atoms with van der Waals surface area (Å²) in [4.78, 5) is 52.9. The molecule has 0 saturated heterocycles. The van der Waals surface area contributed by atoms with Crippen molar-refractivity contribution in [2.75, 3.05) is 12.4 Å². The second-order valence-corrected chi connectivity index (χ2v) is 7.24. The number of aryl methyl sites for hydroxylation is 1. The first kappa shape index (κ1) is 20.2. The van der Waals surface area contributed by atoms with E-state index in [4.69, 9.17) is 0 Å². The molecule has 0 aliphatic heterocycles. The second kappa shape index (κ2) is 7.84. The van der Waals surface area contributed by atoms with Crippen molar-refractivity contribution in [1.29, 1.82) is 0 Å². The predicted octanol–water partition coefficient (Wildman–Crippen LogP) is 2.45. The maximum absolute atomic E-state index is 12.9. The number of fused-ring (bicyclic) bond motifs is 1. The molecule has 0 aliphatic rings.